The summed E-state index contributed by atoms with van der Waals surface area (Å²) in [7, 11) is 0. The number of benzene rings is 4. The van der Waals surface area contributed by atoms with Gasteiger partial charge in [0.15, 0.2) is 12.4 Å². The number of aryl methyl sites for hydroxylation is 1. The molecule has 252 valence electrons. The lowest BCUT2D eigenvalue weighted by Crippen LogP contribution is -2.34. The van der Waals surface area contributed by atoms with Crippen molar-refractivity contribution >= 4 is 87.9 Å². The van der Waals surface area contributed by atoms with Crippen LogP contribution in [-0.2, 0) is 20.7 Å². The van der Waals surface area contributed by atoms with Crippen molar-refractivity contribution < 1.29 is 23.9 Å². The van der Waals surface area contributed by atoms with Crippen LogP contribution in [0.5, 0.6) is 0 Å². The van der Waals surface area contributed by atoms with Gasteiger partial charge in [-0.3, -0.25) is 19.3 Å². The lowest BCUT2D eigenvalue weighted by atomic mass is 9.81. The molecule has 50 heavy (non-hydrogen) atoms. The number of ether oxygens (including phenoxy) is 1. The van der Waals surface area contributed by atoms with Crippen LogP contribution in [0.3, 0.4) is 0 Å². The highest BCUT2D eigenvalue weighted by Crippen LogP contribution is 2.44. The molecule has 1 aromatic heterocycles. The van der Waals surface area contributed by atoms with E-state index < -0.39 is 12.6 Å². The molecule has 4 unspecified atom stereocenters. The first kappa shape index (κ1) is 34.5. The van der Waals surface area contributed by atoms with Gasteiger partial charge in [0.05, 0.1) is 34.3 Å². The Morgan fingerprint density at radius 3 is 2.02 bits per heavy atom. The summed E-state index contributed by atoms with van der Waals surface area (Å²) < 4.78 is 6.42. The van der Waals surface area contributed by atoms with Gasteiger partial charge in [0, 0.05) is 30.6 Å². The van der Waals surface area contributed by atoms with E-state index in [9.17, 15) is 19.2 Å². The van der Waals surface area contributed by atoms with Crippen LogP contribution in [0, 0.1) is 11.8 Å². The SMILES string of the molecule is CCc1cc(Br)cc2c(C(=O)OCC(=O)c3ccc(-c4ccccc4)cc3)cc(-c3ccc(N4C(=O)C5CC(Br)C(Br)CC5C4=O)cc3)nc12. The molecule has 2 aliphatic rings. The molecule has 4 atom stereocenters. The molecule has 0 bridgehead atoms. The van der Waals surface area contributed by atoms with Crippen LogP contribution in [-0.4, -0.2) is 44.8 Å². The number of hydrogen-bond acceptors (Lipinski definition) is 6. The zero-order chi connectivity index (χ0) is 35.1. The molecular weight excluding hydrogens is 828 g/mol. The average Bonchev–Trinajstić information content (AvgIpc) is 3.37. The predicted molar refractivity (Wildman–Crippen MR) is 205 cm³/mol. The number of aromatic nitrogens is 1. The van der Waals surface area contributed by atoms with Crippen molar-refractivity contribution in [1.82, 2.24) is 4.98 Å². The van der Waals surface area contributed by atoms with Gasteiger partial charge in [-0.15, -0.1) is 0 Å². The molecule has 2 fully saturated rings. The molecule has 10 heteroatoms. The van der Waals surface area contributed by atoms with Crippen LogP contribution >= 0.6 is 47.8 Å². The molecule has 1 saturated heterocycles. The van der Waals surface area contributed by atoms with Crippen molar-refractivity contribution in [2.75, 3.05) is 11.5 Å². The first-order chi connectivity index (χ1) is 24.1. The van der Waals surface area contributed by atoms with Gasteiger partial charge in [-0.05, 0) is 66.3 Å². The number of anilines is 1. The molecule has 0 spiro atoms. The number of esters is 1. The lowest BCUT2D eigenvalue weighted by molar-refractivity contribution is -0.122. The minimum atomic E-state index is -0.643. The Kier molecular flexibility index (Phi) is 9.87. The van der Waals surface area contributed by atoms with Crippen LogP contribution in [0.1, 0.15) is 46.0 Å². The number of amides is 2. The molecule has 5 aromatic rings. The number of rotatable bonds is 8. The fraction of sp³-hybridized carbons (Fsp3) is 0.225. The summed E-state index contributed by atoms with van der Waals surface area (Å²) in [6, 6.07) is 29.6. The van der Waals surface area contributed by atoms with Crippen molar-refractivity contribution in [2.45, 2.75) is 35.8 Å². The third-order valence-corrected chi connectivity index (χ3v) is 12.7. The average molecular weight is 859 g/mol. The molecule has 0 radical (unpaired) electrons. The van der Waals surface area contributed by atoms with Crippen LogP contribution < -0.4 is 4.90 Å². The molecule has 2 heterocycles. The van der Waals surface area contributed by atoms with Crippen LogP contribution in [0.2, 0.25) is 0 Å². The van der Waals surface area contributed by atoms with Crippen LogP contribution in [0.15, 0.2) is 102 Å². The van der Waals surface area contributed by atoms with E-state index in [4.69, 9.17) is 9.72 Å². The first-order valence-electron chi connectivity index (χ1n) is 16.4. The molecular formula is C40H31Br3N2O5. The number of alkyl halides is 2. The minimum Gasteiger partial charge on any atom is -0.454 e. The van der Waals surface area contributed by atoms with E-state index in [1.165, 1.54) is 4.90 Å². The van der Waals surface area contributed by atoms with Crippen LogP contribution in [0.4, 0.5) is 5.69 Å². The summed E-state index contributed by atoms with van der Waals surface area (Å²) >= 11 is 10.9. The highest BCUT2D eigenvalue weighted by atomic mass is 79.9. The minimum absolute atomic E-state index is 0.126. The second-order valence-electron chi connectivity index (χ2n) is 12.6. The lowest BCUT2D eigenvalue weighted by Gasteiger charge is -2.29. The van der Waals surface area contributed by atoms with Crippen LogP contribution in [0.25, 0.3) is 33.3 Å². The van der Waals surface area contributed by atoms with Gasteiger partial charge < -0.3 is 4.74 Å². The van der Waals surface area contributed by atoms with Gasteiger partial charge in [-0.25, -0.2) is 9.78 Å². The van der Waals surface area contributed by atoms with Gasteiger partial charge in [-0.2, -0.15) is 0 Å². The number of nitrogens with zero attached hydrogens (tertiary/aromatic N) is 2. The second-order valence-corrected chi connectivity index (χ2v) is 15.9. The Hall–Kier alpha value is -3.99. The molecule has 7 nitrogen and oxygen atoms in total. The smallest absolute Gasteiger partial charge is 0.339 e. The van der Waals surface area contributed by atoms with E-state index in [0.29, 0.717) is 52.7 Å². The molecule has 1 aliphatic heterocycles. The van der Waals surface area contributed by atoms with E-state index in [0.717, 1.165) is 21.2 Å². The Morgan fingerprint density at radius 1 is 0.800 bits per heavy atom. The zero-order valence-electron chi connectivity index (χ0n) is 26.9. The summed E-state index contributed by atoms with van der Waals surface area (Å²) in [5, 5.41) is 0.604. The Bertz CT molecular complexity index is 2110. The maximum Gasteiger partial charge on any atom is 0.339 e. The van der Waals surface area contributed by atoms with Crippen molar-refractivity contribution in [2.24, 2.45) is 11.8 Å². The van der Waals surface area contributed by atoms with E-state index in [1.54, 1.807) is 42.5 Å². The Labute approximate surface area is 314 Å². The van der Waals surface area contributed by atoms with Gasteiger partial charge in [0.1, 0.15) is 0 Å². The third-order valence-electron chi connectivity index (χ3n) is 9.54. The van der Waals surface area contributed by atoms with Gasteiger partial charge in [-0.1, -0.05) is 121 Å². The van der Waals surface area contributed by atoms with Crippen molar-refractivity contribution in [3.8, 4) is 22.4 Å². The normalized spacial score (nSPS) is 20.2. The van der Waals surface area contributed by atoms with Gasteiger partial charge >= 0.3 is 5.97 Å². The van der Waals surface area contributed by atoms with E-state index in [2.05, 4.69) is 47.8 Å². The summed E-state index contributed by atoms with van der Waals surface area (Å²) in [5.74, 6) is -2.00. The zero-order valence-corrected chi connectivity index (χ0v) is 31.7. The third kappa shape index (κ3) is 6.61. The summed E-state index contributed by atoms with van der Waals surface area (Å²) in [6.07, 6.45) is 1.87. The van der Waals surface area contributed by atoms with Gasteiger partial charge in [0.2, 0.25) is 11.8 Å². The fourth-order valence-electron chi connectivity index (χ4n) is 6.85. The van der Waals surface area contributed by atoms with Crippen molar-refractivity contribution in [3.05, 3.63) is 118 Å². The number of ketones is 1. The summed E-state index contributed by atoms with van der Waals surface area (Å²) in [6.45, 7) is 1.60. The van der Waals surface area contributed by atoms with E-state index in [-0.39, 0.29) is 44.7 Å². The number of fused-ring (bicyclic) bond motifs is 2. The number of hydrogen-bond donors (Lipinski definition) is 0. The highest BCUT2D eigenvalue weighted by molar-refractivity contribution is 9.12. The topological polar surface area (TPSA) is 93.6 Å². The molecule has 0 N–H and O–H groups in total. The van der Waals surface area contributed by atoms with Crippen molar-refractivity contribution in [1.29, 1.82) is 0 Å². The standard InChI is InChI=1S/C40H31Br3N2O5/c1-2-22-16-27(41)17-29-32(40(49)50-21-36(46)26-10-8-24(9-11-26)23-6-4-3-5-7-23)20-35(44-37(22)29)25-12-14-28(15-13-25)45-38(47)30-18-33(42)34(43)19-31(30)39(45)48/h3-17,20,30-31,33-34H,2,18-19,21H2,1H3. The quantitative estimate of drug-likeness (QED) is 0.0669. The van der Waals surface area contributed by atoms with Crippen molar-refractivity contribution in [3.63, 3.8) is 0 Å². The largest absolute Gasteiger partial charge is 0.454 e. The highest BCUT2D eigenvalue weighted by Gasteiger charge is 2.52. The summed E-state index contributed by atoms with van der Waals surface area (Å²) in [4.78, 5) is 60.0. The maximum absolute atomic E-state index is 13.7. The molecule has 7 rings (SSSR count). The number of carbonyl (C=O) groups excluding carboxylic acids is 4. The Balaban J connectivity index is 1.15. The molecule has 2 amide bonds. The van der Waals surface area contributed by atoms with E-state index >= 15 is 0 Å². The maximum atomic E-state index is 13.7. The Morgan fingerprint density at radius 2 is 1.40 bits per heavy atom. The monoisotopic (exact) mass is 856 g/mol. The van der Waals surface area contributed by atoms with E-state index in [1.807, 2.05) is 61.5 Å². The number of Topliss-reactive ketones (excluding diaryl/α,β-unsaturated/α-hetero) is 1. The molecule has 4 aromatic carbocycles. The number of imide groups is 1. The summed E-state index contributed by atoms with van der Waals surface area (Å²) in [5.41, 5.74) is 6.05. The number of halogens is 3. The number of pyridine rings is 1. The molecule has 1 saturated carbocycles. The fourth-order valence-corrected chi connectivity index (χ4v) is 8.59. The second kappa shape index (κ2) is 14.3. The first-order valence-corrected chi connectivity index (χ1v) is 19.0. The predicted octanol–water partition coefficient (Wildman–Crippen LogP) is 9.36. The van der Waals surface area contributed by atoms with Gasteiger partial charge in [0.25, 0.3) is 0 Å². The molecule has 1 aliphatic carbocycles. The number of carbonyl (C=O) groups is 4.